The number of hydrogen-bond acceptors (Lipinski definition) is 2. The van der Waals surface area contributed by atoms with E-state index >= 15 is 0 Å². The molecule has 1 saturated heterocycles. The van der Waals surface area contributed by atoms with Crippen LogP contribution in [0.1, 0.15) is 19.4 Å². The summed E-state index contributed by atoms with van der Waals surface area (Å²) in [5.41, 5.74) is 1.02. The Balaban J connectivity index is 0.00000180. The maximum Gasteiger partial charge on any atom is 0.227 e. The van der Waals surface area contributed by atoms with Crippen molar-refractivity contribution >= 4 is 29.9 Å². The van der Waals surface area contributed by atoms with Gasteiger partial charge in [-0.25, -0.2) is 0 Å². The molecular formula is C14H20Cl2N2O. The molecule has 3 nitrogen and oxygen atoms in total. The number of nitrogens with zero attached hydrogens (tertiary/aromatic N) is 1. The highest BCUT2D eigenvalue weighted by atomic mass is 35.5. The van der Waals surface area contributed by atoms with Crippen molar-refractivity contribution in [1.29, 1.82) is 0 Å². The van der Waals surface area contributed by atoms with Crippen molar-refractivity contribution in [2.24, 2.45) is 0 Å². The average molecular weight is 303 g/mol. The fourth-order valence-corrected chi connectivity index (χ4v) is 2.41. The summed E-state index contributed by atoms with van der Waals surface area (Å²) in [6, 6.07) is 8.08. The zero-order valence-corrected chi connectivity index (χ0v) is 12.8. The Morgan fingerprint density at radius 3 is 2.63 bits per heavy atom. The van der Waals surface area contributed by atoms with Gasteiger partial charge in [-0.15, -0.1) is 12.4 Å². The lowest BCUT2D eigenvalue weighted by Crippen LogP contribution is -2.57. The van der Waals surface area contributed by atoms with Gasteiger partial charge in [0.05, 0.1) is 6.42 Å². The van der Waals surface area contributed by atoms with Crippen LogP contribution < -0.4 is 5.32 Å². The zero-order chi connectivity index (χ0) is 13.1. The molecule has 2 rings (SSSR count). The first-order chi connectivity index (χ1) is 8.58. The number of nitrogens with one attached hydrogen (secondary N) is 1. The largest absolute Gasteiger partial charge is 0.337 e. The van der Waals surface area contributed by atoms with Crippen LogP contribution >= 0.6 is 24.0 Å². The summed E-state index contributed by atoms with van der Waals surface area (Å²) in [5.74, 6) is 0.193. The van der Waals surface area contributed by atoms with Gasteiger partial charge in [0.25, 0.3) is 0 Å². The minimum Gasteiger partial charge on any atom is -0.337 e. The predicted octanol–water partition coefficient (Wildman–Crippen LogP) is 2.51. The Hall–Kier alpha value is -0.770. The van der Waals surface area contributed by atoms with Gasteiger partial charge in [0, 0.05) is 30.2 Å². The standard InChI is InChI=1S/C14H19ClN2O.ClH/c1-10-11(2)17(8-7-16-10)14(18)9-12-3-5-13(15)6-4-12;/h3-6,10-11,16H,7-9H2,1-2H3;1H. The first-order valence-corrected chi connectivity index (χ1v) is 6.73. The van der Waals surface area contributed by atoms with Gasteiger partial charge in [-0.1, -0.05) is 23.7 Å². The second-order valence-corrected chi connectivity index (χ2v) is 5.31. The Labute approximate surface area is 125 Å². The third-order valence-electron chi connectivity index (χ3n) is 3.62. The fourth-order valence-electron chi connectivity index (χ4n) is 2.29. The molecule has 0 spiro atoms. The fraction of sp³-hybridized carbons (Fsp3) is 0.500. The van der Waals surface area contributed by atoms with E-state index in [2.05, 4.69) is 19.2 Å². The molecular weight excluding hydrogens is 283 g/mol. The summed E-state index contributed by atoms with van der Waals surface area (Å²) in [6.07, 6.45) is 0.453. The monoisotopic (exact) mass is 302 g/mol. The van der Waals surface area contributed by atoms with Crippen LogP contribution in [0.5, 0.6) is 0 Å². The Kier molecular flexibility index (Phi) is 6.11. The molecule has 1 aromatic carbocycles. The van der Waals surface area contributed by atoms with Crippen LogP contribution in [-0.4, -0.2) is 36.0 Å². The minimum atomic E-state index is 0. The third-order valence-corrected chi connectivity index (χ3v) is 3.88. The second-order valence-electron chi connectivity index (χ2n) is 4.87. The van der Waals surface area contributed by atoms with Gasteiger partial charge in [-0.05, 0) is 31.5 Å². The van der Waals surface area contributed by atoms with E-state index < -0.39 is 0 Å². The van der Waals surface area contributed by atoms with E-state index in [1.54, 1.807) is 0 Å². The van der Waals surface area contributed by atoms with E-state index in [1.807, 2.05) is 29.2 Å². The maximum absolute atomic E-state index is 12.3. The zero-order valence-electron chi connectivity index (χ0n) is 11.2. The molecule has 0 aliphatic carbocycles. The molecule has 0 aromatic heterocycles. The molecule has 1 N–H and O–H groups in total. The van der Waals surface area contributed by atoms with Crippen LogP contribution in [0, 0.1) is 0 Å². The molecule has 1 aromatic rings. The topological polar surface area (TPSA) is 32.3 Å². The second kappa shape index (κ2) is 7.13. The molecule has 2 atom stereocenters. The van der Waals surface area contributed by atoms with Crippen molar-refractivity contribution in [2.45, 2.75) is 32.4 Å². The molecule has 0 saturated carbocycles. The number of benzene rings is 1. The quantitative estimate of drug-likeness (QED) is 0.910. The Morgan fingerprint density at radius 1 is 1.37 bits per heavy atom. The molecule has 106 valence electrons. The molecule has 1 fully saturated rings. The van der Waals surface area contributed by atoms with E-state index in [0.717, 1.165) is 18.7 Å². The lowest BCUT2D eigenvalue weighted by atomic mass is 10.1. The van der Waals surface area contributed by atoms with Crippen LogP contribution in [0.25, 0.3) is 0 Å². The smallest absolute Gasteiger partial charge is 0.227 e. The molecule has 19 heavy (non-hydrogen) atoms. The van der Waals surface area contributed by atoms with E-state index in [9.17, 15) is 4.79 Å². The Morgan fingerprint density at radius 2 is 2.00 bits per heavy atom. The maximum atomic E-state index is 12.3. The number of rotatable bonds is 2. The number of carbonyl (C=O) groups is 1. The average Bonchev–Trinajstić information content (AvgIpc) is 2.35. The summed E-state index contributed by atoms with van der Waals surface area (Å²) in [4.78, 5) is 14.2. The first kappa shape index (κ1) is 16.3. The predicted molar refractivity (Wildman–Crippen MR) is 81.0 cm³/mol. The lowest BCUT2D eigenvalue weighted by molar-refractivity contribution is -0.134. The molecule has 0 bridgehead atoms. The highest BCUT2D eigenvalue weighted by Gasteiger charge is 2.27. The summed E-state index contributed by atoms with van der Waals surface area (Å²) in [5, 5.41) is 4.08. The number of hydrogen-bond donors (Lipinski definition) is 1. The summed E-state index contributed by atoms with van der Waals surface area (Å²) in [7, 11) is 0. The van der Waals surface area contributed by atoms with Crippen LogP contribution in [0.15, 0.2) is 24.3 Å². The van der Waals surface area contributed by atoms with Crippen LogP contribution in [-0.2, 0) is 11.2 Å². The van der Waals surface area contributed by atoms with Crippen LogP contribution in [0.3, 0.4) is 0 Å². The van der Waals surface area contributed by atoms with Gasteiger partial charge in [-0.2, -0.15) is 0 Å². The van der Waals surface area contributed by atoms with Crippen molar-refractivity contribution in [3.05, 3.63) is 34.9 Å². The molecule has 2 unspecified atom stereocenters. The van der Waals surface area contributed by atoms with Gasteiger partial charge in [0.15, 0.2) is 0 Å². The van der Waals surface area contributed by atoms with E-state index in [4.69, 9.17) is 11.6 Å². The molecule has 1 aliphatic heterocycles. The van der Waals surface area contributed by atoms with Crippen molar-refractivity contribution in [3.8, 4) is 0 Å². The molecule has 5 heteroatoms. The van der Waals surface area contributed by atoms with Crippen molar-refractivity contribution < 1.29 is 4.79 Å². The molecule has 1 heterocycles. The van der Waals surface area contributed by atoms with E-state index in [-0.39, 0.29) is 24.4 Å². The van der Waals surface area contributed by atoms with Crippen molar-refractivity contribution in [3.63, 3.8) is 0 Å². The van der Waals surface area contributed by atoms with Crippen LogP contribution in [0.4, 0.5) is 0 Å². The van der Waals surface area contributed by atoms with Gasteiger partial charge in [-0.3, -0.25) is 4.79 Å². The third kappa shape index (κ3) is 4.10. The van der Waals surface area contributed by atoms with E-state index in [0.29, 0.717) is 17.5 Å². The van der Waals surface area contributed by atoms with Gasteiger partial charge in [0.2, 0.25) is 5.91 Å². The number of halogens is 2. The summed E-state index contributed by atoms with van der Waals surface area (Å²) >= 11 is 5.84. The van der Waals surface area contributed by atoms with Gasteiger partial charge < -0.3 is 10.2 Å². The first-order valence-electron chi connectivity index (χ1n) is 6.35. The summed E-state index contributed by atoms with van der Waals surface area (Å²) < 4.78 is 0. The van der Waals surface area contributed by atoms with Crippen molar-refractivity contribution in [2.75, 3.05) is 13.1 Å². The highest BCUT2D eigenvalue weighted by molar-refractivity contribution is 6.30. The SMILES string of the molecule is CC1NCCN(C(=O)Cc2ccc(Cl)cc2)C1C.Cl. The molecule has 1 amide bonds. The van der Waals surface area contributed by atoms with Crippen LogP contribution in [0.2, 0.25) is 5.02 Å². The Bertz CT molecular complexity index is 422. The number of piperazine rings is 1. The highest BCUT2D eigenvalue weighted by Crippen LogP contribution is 2.14. The van der Waals surface area contributed by atoms with E-state index in [1.165, 1.54) is 0 Å². The minimum absolute atomic E-state index is 0. The lowest BCUT2D eigenvalue weighted by Gasteiger charge is -2.38. The van der Waals surface area contributed by atoms with Gasteiger partial charge in [0.1, 0.15) is 0 Å². The number of amides is 1. The number of carbonyl (C=O) groups excluding carboxylic acids is 1. The van der Waals surface area contributed by atoms with Gasteiger partial charge >= 0.3 is 0 Å². The normalized spacial score (nSPS) is 22.8. The van der Waals surface area contributed by atoms with Crippen molar-refractivity contribution in [1.82, 2.24) is 10.2 Å². The molecule has 1 aliphatic rings. The molecule has 0 radical (unpaired) electrons. The summed E-state index contributed by atoms with van der Waals surface area (Å²) in [6.45, 7) is 5.87.